The van der Waals surface area contributed by atoms with Gasteiger partial charge < -0.3 is 10.2 Å². The Kier molecular flexibility index (Phi) is 4.82. The number of nitrogens with one attached hydrogen (secondary N) is 1. The van der Waals surface area contributed by atoms with Gasteiger partial charge in [-0.2, -0.15) is 11.8 Å². The fourth-order valence-corrected chi connectivity index (χ4v) is 3.11. The fourth-order valence-electron chi connectivity index (χ4n) is 2.18. The Labute approximate surface area is 117 Å². The van der Waals surface area contributed by atoms with E-state index >= 15 is 0 Å². The number of carbonyl (C=O) groups is 1. The Morgan fingerprint density at radius 3 is 2.89 bits per heavy atom. The molecule has 1 N–H and O–H groups in total. The summed E-state index contributed by atoms with van der Waals surface area (Å²) in [4.78, 5) is 14.0. The normalized spacial score (nSPS) is 20.9. The van der Waals surface area contributed by atoms with Gasteiger partial charge in [0.1, 0.15) is 5.82 Å². The molecule has 2 unspecified atom stereocenters. The van der Waals surface area contributed by atoms with Gasteiger partial charge in [-0.05, 0) is 13.0 Å². The monoisotopic (exact) mass is 282 g/mol. The molecule has 0 bridgehead atoms. The van der Waals surface area contributed by atoms with E-state index in [1.54, 1.807) is 41.9 Å². The summed E-state index contributed by atoms with van der Waals surface area (Å²) in [5.41, 5.74) is 0.557. The maximum Gasteiger partial charge on any atom is 0.240 e. The van der Waals surface area contributed by atoms with Crippen LogP contribution in [0.5, 0.6) is 0 Å². The van der Waals surface area contributed by atoms with Gasteiger partial charge in [-0.1, -0.05) is 18.2 Å². The largest absolute Gasteiger partial charge is 0.338 e. The molecule has 0 radical (unpaired) electrons. The highest BCUT2D eigenvalue weighted by Crippen LogP contribution is 2.23. The van der Waals surface area contributed by atoms with Crippen LogP contribution in [-0.2, 0) is 4.79 Å². The van der Waals surface area contributed by atoms with Crippen LogP contribution in [0.2, 0.25) is 0 Å². The number of nitrogens with zero attached hydrogens (tertiary/aromatic N) is 1. The van der Waals surface area contributed by atoms with E-state index in [0.29, 0.717) is 5.56 Å². The molecule has 2 rings (SSSR count). The maximum absolute atomic E-state index is 13.7. The van der Waals surface area contributed by atoms with Crippen molar-refractivity contribution in [3.8, 4) is 0 Å². The van der Waals surface area contributed by atoms with Crippen LogP contribution >= 0.6 is 11.8 Å². The zero-order chi connectivity index (χ0) is 13.8. The second-order valence-corrected chi connectivity index (χ2v) is 5.88. The molecule has 1 aromatic carbocycles. The van der Waals surface area contributed by atoms with E-state index in [-0.39, 0.29) is 23.8 Å². The topological polar surface area (TPSA) is 32.3 Å². The molecule has 0 aromatic heterocycles. The van der Waals surface area contributed by atoms with Crippen LogP contribution in [0.1, 0.15) is 18.5 Å². The molecule has 5 heteroatoms. The number of thioether (sulfide) groups is 1. The zero-order valence-electron chi connectivity index (χ0n) is 11.2. The van der Waals surface area contributed by atoms with Gasteiger partial charge in [-0.25, -0.2) is 4.39 Å². The highest BCUT2D eigenvalue weighted by molar-refractivity contribution is 7.99. The van der Waals surface area contributed by atoms with E-state index in [4.69, 9.17) is 0 Å². The molecule has 0 spiro atoms. The predicted molar refractivity (Wildman–Crippen MR) is 76.7 cm³/mol. The number of rotatable bonds is 3. The molecule has 1 aliphatic rings. The van der Waals surface area contributed by atoms with Crippen LogP contribution < -0.4 is 5.32 Å². The molecule has 1 heterocycles. The van der Waals surface area contributed by atoms with Crippen molar-refractivity contribution >= 4 is 17.7 Å². The quantitative estimate of drug-likeness (QED) is 0.921. The first-order valence-corrected chi connectivity index (χ1v) is 7.59. The highest BCUT2D eigenvalue weighted by atomic mass is 32.2. The Morgan fingerprint density at radius 2 is 2.26 bits per heavy atom. The second kappa shape index (κ2) is 6.39. The maximum atomic E-state index is 13.7. The molecule has 19 heavy (non-hydrogen) atoms. The minimum absolute atomic E-state index is 0.0305. The number of carbonyl (C=O) groups excluding carboxylic acids is 1. The van der Waals surface area contributed by atoms with E-state index in [1.807, 2.05) is 6.92 Å². The number of likely N-dealkylation sites (N-methyl/N-ethyl adjacent to an activating group) is 1. The van der Waals surface area contributed by atoms with Gasteiger partial charge in [0.25, 0.3) is 0 Å². The number of halogens is 1. The fraction of sp³-hybridized carbons (Fsp3) is 0.500. The van der Waals surface area contributed by atoms with Crippen molar-refractivity contribution in [2.45, 2.75) is 19.0 Å². The van der Waals surface area contributed by atoms with E-state index in [2.05, 4.69) is 5.32 Å². The molecule has 1 amide bonds. The average Bonchev–Trinajstić information content (AvgIpc) is 2.46. The van der Waals surface area contributed by atoms with Crippen LogP contribution in [0.25, 0.3) is 0 Å². The summed E-state index contributed by atoms with van der Waals surface area (Å²) in [6.07, 6.45) is 0. The Bertz CT molecular complexity index is 449. The third kappa shape index (κ3) is 3.28. The lowest BCUT2D eigenvalue weighted by atomic mass is 10.1. The minimum atomic E-state index is -0.263. The highest BCUT2D eigenvalue weighted by Gasteiger charge is 2.27. The summed E-state index contributed by atoms with van der Waals surface area (Å²) in [5, 5.41) is 3.21. The predicted octanol–water partition coefficient (Wildman–Crippen LogP) is 2.05. The van der Waals surface area contributed by atoms with E-state index < -0.39 is 0 Å². The number of amides is 1. The first-order valence-electron chi connectivity index (χ1n) is 6.43. The molecule has 1 fully saturated rings. The molecular formula is C14H19FN2OS. The lowest BCUT2D eigenvalue weighted by molar-refractivity contribution is -0.133. The molecule has 104 valence electrons. The van der Waals surface area contributed by atoms with Crippen molar-refractivity contribution in [3.63, 3.8) is 0 Å². The SMILES string of the molecule is CC(c1ccccc1F)N(C)C(=O)C1CSCCN1. The number of hydrogen-bond acceptors (Lipinski definition) is 3. The third-order valence-corrected chi connectivity index (χ3v) is 4.57. The van der Waals surface area contributed by atoms with Crippen LogP contribution in [0, 0.1) is 5.82 Å². The molecule has 2 atom stereocenters. The van der Waals surface area contributed by atoms with Crippen LogP contribution in [-0.4, -0.2) is 41.9 Å². The van der Waals surface area contributed by atoms with Gasteiger partial charge >= 0.3 is 0 Å². The first kappa shape index (κ1) is 14.3. The molecular weight excluding hydrogens is 263 g/mol. The third-order valence-electron chi connectivity index (χ3n) is 3.50. The van der Waals surface area contributed by atoms with Gasteiger partial charge in [0, 0.05) is 30.7 Å². The summed E-state index contributed by atoms with van der Waals surface area (Å²) in [7, 11) is 1.74. The zero-order valence-corrected chi connectivity index (χ0v) is 12.0. The van der Waals surface area contributed by atoms with Gasteiger partial charge in [-0.15, -0.1) is 0 Å². The van der Waals surface area contributed by atoms with Crippen LogP contribution in [0.4, 0.5) is 4.39 Å². The van der Waals surface area contributed by atoms with Gasteiger partial charge in [-0.3, -0.25) is 4.79 Å². The van der Waals surface area contributed by atoms with Crippen molar-refractivity contribution < 1.29 is 9.18 Å². The van der Waals surface area contributed by atoms with Gasteiger partial charge in [0.05, 0.1) is 12.1 Å². The summed E-state index contributed by atoms with van der Waals surface area (Å²) < 4.78 is 13.7. The summed E-state index contributed by atoms with van der Waals surface area (Å²) in [6, 6.07) is 6.20. The Morgan fingerprint density at radius 1 is 1.53 bits per heavy atom. The smallest absolute Gasteiger partial charge is 0.240 e. The van der Waals surface area contributed by atoms with E-state index in [1.165, 1.54) is 6.07 Å². The molecule has 0 aliphatic carbocycles. The number of benzene rings is 1. The van der Waals surface area contributed by atoms with Crippen molar-refractivity contribution in [1.82, 2.24) is 10.2 Å². The molecule has 0 saturated carbocycles. The van der Waals surface area contributed by atoms with Crippen LogP contribution in [0.15, 0.2) is 24.3 Å². The number of hydrogen-bond donors (Lipinski definition) is 1. The standard InChI is InChI=1S/C14H19FN2OS/c1-10(11-5-3-4-6-12(11)15)17(2)14(18)13-9-19-8-7-16-13/h3-6,10,13,16H,7-9H2,1-2H3. The van der Waals surface area contributed by atoms with Crippen molar-refractivity contribution in [2.75, 3.05) is 25.1 Å². The van der Waals surface area contributed by atoms with E-state index in [9.17, 15) is 9.18 Å². The van der Waals surface area contributed by atoms with E-state index in [0.717, 1.165) is 18.1 Å². The lowest BCUT2D eigenvalue weighted by Crippen LogP contribution is -2.50. The van der Waals surface area contributed by atoms with Crippen molar-refractivity contribution in [1.29, 1.82) is 0 Å². The average molecular weight is 282 g/mol. The van der Waals surface area contributed by atoms with Crippen molar-refractivity contribution in [3.05, 3.63) is 35.6 Å². The second-order valence-electron chi connectivity index (χ2n) is 4.73. The van der Waals surface area contributed by atoms with Gasteiger partial charge in [0.2, 0.25) is 5.91 Å². The van der Waals surface area contributed by atoms with Crippen molar-refractivity contribution in [2.24, 2.45) is 0 Å². The summed E-state index contributed by atoms with van der Waals surface area (Å²) >= 11 is 1.78. The Balaban J connectivity index is 2.08. The first-order chi connectivity index (χ1) is 9.11. The lowest BCUT2D eigenvalue weighted by Gasteiger charge is -2.31. The minimum Gasteiger partial charge on any atom is -0.338 e. The molecule has 1 aromatic rings. The van der Waals surface area contributed by atoms with Crippen LogP contribution in [0.3, 0.4) is 0 Å². The van der Waals surface area contributed by atoms with Gasteiger partial charge in [0.15, 0.2) is 0 Å². The molecule has 3 nitrogen and oxygen atoms in total. The Hall–Kier alpha value is -1.07. The molecule has 1 aliphatic heterocycles. The molecule has 1 saturated heterocycles. The summed E-state index contributed by atoms with van der Waals surface area (Å²) in [5.74, 6) is 1.59. The summed E-state index contributed by atoms with van der Waals surface area (Å²) in [6.45, 7) is 2.70.